The molecule has 132 valence electrons. The van der Waals surface area contributed by atoms with E-state index in [1.54, 1.807) is 0 Å². The second kappa shape index (κ2) is 5.20. The highest BCUT2D eigenvalue weighted by molar-refractivity contribution is 5.89. The van der Waals surface area contributed by atoms with Crippen LogP contribution in [0.1, 0.15) is 43.4 Å². The molecule has 1 aromatic carbocycles. The number of rotatable bonds is 0. The Morgan fingerprint density at radius 1 is 1.33 bits per heavy atom. The summed E-state index contributed by atoms with van der Waals surface area (Å²) in [6, 6.07) is 4.35. The zero-order chi connectivity index (χ0) is 15.3. The normalized spacial score (nSPS) is 38.5. The van der Waals surface area contributed by atoms with Crippen molar-refractivity contribution in [2.24, 2.45) is 0 Å². The number of hydrogen-bond acceptors (Lipinski definition) is 4. The molecule has 1 saturated carbocycles. The third-order valence-electron chi connectivity index (χ3n) is 6.74. The molecule has 2 fully saturated rings. The van der Waals surface area contributed by atoms with Gasteiger partial charge in [-0.1, -0.05) is 19.6 Å². The molecule has 2 aliphatic carbocycles. The Morgan fingerprint density at radius 3 is 2.83 bits per heavy atom. The minimum absolute atomic E-state index is 0. The molecule has 5 heteroatoms. The van der Waals surface area contributed by atoms with Gasteiger partial charge in [0.05, 0.1) is 11.0 Å². The summed E-state index contributed by atoms with van der Waals surface area (Å²) in [7, 11) is 2.09. The molecule has 0 radical (unpaired) electrons. The first-order chi connectivity index (χ1) is 10.5. The molecule has 0 aromatic heterocycles. The van der Waals surface area contributed by atoms with Crippen LogP contribution in [0.15, 0.2) is 12.1 Å². The molecule has 1 N–H and O–H groups in total. The number of carbonyl (C=O) groups is 1. The van der Waals surface area contributed by atoms with Crippen molar-refractivity contribution in [1.29, 1.82) is 0 Å². The third-order valence-corrected chi connectivity index (χ3v) is 6.74. The summed E-state index contributed by atoms with van der Waals surface area (Å²) in [5, 5.41) is 11.7. The Bertz CT molecular complexity index is 721. The fraction of sp³-hybridized carbons (Fsp3) is 0.632. The quantitative estimate of drug-likeness (QED) is 0.779. The van der Waals surface area contributed by atoms with Crippen molar-refractivity contribution in [2.45, 2.75) is 63.2 Å². The van der Waals surface area contributed by atoms with Crippen molar-refractivity contribution in [1.82, 2.24) is 4.90 Å². The number of likely N-dealkylation sites (N-methyl/N-ethyl adjacent to an activating group) is 1. The van der Waals surface area contributed by atoms with Gasteiger partial charge in [-0.05, 0) is 50.9 Å². The molecule has 2 heterocycles. The number of aryl methyl sites for hydroxylation is 1. The highest BCUT2D eigenvalue weighted by Crippen LogP contribution is 2.63. The second-order valence-electron chi connectivity index (χ2n) is 7.56. The average molecular weight is 352 g/mol. The van der Waals surface area contributed by atoms with Crippen molar-refractivity contribution in [2.75, 3.05) is 13.6 Å². The predicted octanol–water partition coefficient (Wildman–Crippen LogP) is 2.41. The van der Waals surface area contributed by atoms with Gasteiger partial charge in [0, 0.05) is 18.0 Å². The Kier molecular flexibility index (Phi) is 3.84. The van der Waals surface area contributed by atoms with E-state index < -0.39 is 17.1 Å². The molecule has 0 amide bonds. The van der Waals surface area contributed by atoms with E-state index in [0.29, 0.717) is 12.8 Å². The van der Waals surface area contributed by atoms with Crippen molar-refractivity contribution in [3.05, 3.63) is 28.8 Å². The lowest BCUT2D eigenvalue weighted by molar-refractivity contribution is -0.185. The van der Waals surface area contributed by atoms with Crippen LogP contribution >= 0.6 is 12.4 Å². The minimum Gasteiger partial charge on any atom is -0.481 e. The second-order valence-corrected chi connectivity index (χ2v) is 7.56. The van der Waals surface area contributed by atoms with E-state index in [-0.39, 0.29) is 31.7 Å². The molecule has 1 aromatic rings. The van der Waals surface area contributed by atoms with E-state index >= 15 is 0 Å². The number of nitrogens with zero attached hydrogens (tertiary/aromatic N) is 1. The Balaban J connectivity index is 0.000000845. The lowest BCUT2D eigenvalue weighted by Crippen LogP contribution is -2.76. The molecule has 5 rings (SSSR count). The van der Waals surface area contributed by atoms with E-state index in [0.717, 1.165) is 36.3 Å². The van der Waals surface area contributed by atoms with Crippen LogP contribution in [0.5, 0.6) is 5.75 Å². The van der Waals surface area contributed by atoms with Crippen LogP contribution in [0.4, 0.5) is 0 Å². The Morgan fingerprint density at radius 2 is 2.08 bits per heavy atom. The lowest BCUT2D eigenvalue weighted by Gasteiger charge is -2.62. The topological polar surface area (TPSA) is 49.8 Å². The van der Waals surface area contributed by atoms with Crippen LogP contribution in [0.3, 0.4) is 0 Å². The van der Waals surface area contributed by atoms with E-state index in [4.69, 9.17) is 4.74 Å². The summed E-state index contributed by atoms with van der Waals surface area (Å²) < 4.78 is 6.19. The molecule has 2 bridgehead atoms. The zero-order valence-electron chi connectivity index (χ0n) is 13.5. The van der Waals surface area contributed by atoms with Gasteiger partial charge in [-0.2, -0.15) is 0 Å². The standard InChI is InChI=1S/C18H21NO3.CH4.ClH/c1-10-3-4-11-9-13-18(21)6-5-12(20)16-17(18,7-8-19(13)2)14(11)15(10)22-16;;/h3-4,13,16,21H,5-9H2,1-2H3;1H4;1H/t13-,16+,17+,18-;;/m1../s1. The summed E-state index contributed by atoms with van der Waals surface area (Å²) in [5.74, 6) is 1.04. The van der Waals surface area contributed by atoms with Gasteiger partial charge in [0.15, 0.2) is 11.9 Å². The summed E-state index contributed by atoms with van der Waals surface area (Å²) in [6.07, 6.45) is 2.15. The highest BCUT2D eigenvalue weighted by Gasteiger charge is 2.72. The van der Waals surface area contributed by atoms with Crippen molar-refractivity contribution in [3.63, 3.8) is 0 Å². The van der Waals surface area contributed by atoms with Crippen LogP contribution in [0, 0.1) is 6.92 Å². The summed E-state index contributed by atoms with van der Waals surface area (Å²) in [6.45, 7) is 2.95. The Hall–Kier alpha value is -1.10. The van der Waals surface area contributed by atoms with Crippen molar-refractivity contribution in [3.8, 4) is 5.75 Å². The molecule has 2 aliphatic heterocycles. The highest BCUT2D eigenvalue weighted by atomic mass is 35.5. The van der Waals surface area contributed by atoms with Gasteiger partial charge in [0.1, 0.15) is 5.75 Å². The number of Topliss-reactive ketones (excluding diaryl/α,β-unsaturated/α-hetero) is 1. The van der Waals surface area contributed by atoms with E-state index in [2.05, 4.69) is 24.1 Å². The fourth-order valence-electron chi connectivity index (χ4n) is 5.68. The third kappa shape index (κ3) is 1.65. The van der Waals surface area contributed by atoms with Gasteiger partial charge in [-0.15, -0.1) is 12.4 Å². The average Bonchev–Trinajstić information content (AvgIpc) is 2.85. The summed E-state index contributed by atoms with van der Waals surface area (Å²) in [5.41, 5.74) is 2.13. The van der Waals surface area contributed by atoms with E-state index in [9.17, 15) is 9.90 Å². The first-order valence-electron chi connectivity index (χ1n) is 8.24. The number of carbonyl (C=O) groups excluding carboxylic acids is 1. The first kappa shape index (κ1) is 17.7. The first-order valence-corrected chi connectivity index (χ1v) is 8.24. The fourth-order valence-corrected chi connectivity index (χ4v) is 5.68. The predicted molar refractivity (Wildman–Crippen MR) is 95.2 cm³/mol. The minimum atomic E-state index is -0.843. The van der Waals surface area contributed by atoms with Gasteiger partial charge in [0.2, 0.25) is 0 Å². The molecular formula is C19H26ClNO3. The SMILES string of the molecule is C.Cc1ccc2c3c1O[C@H]1C(=O)CC[C@@]4(O)[C@@H](C2)N(C)CC[C@]314.Cl. The van der Waals surface area contributed by atoms with E-state index in [1.807, 2.05) is 6.92 Å². The molecule has 1 saturated heterocycles. The van der Waals surface area contributed by atoms with Crippen molar-refractivity contribution >= 4 is 18.2 Å². The summed E-state index contributed by atoms with van der Waals surface area (Å²) in [4.78, 5) is 14.9. The van der Waals surface area contributed by atoms with Crippen LogP contribution in [0.25, 0.3) is 0 Å². The number of ketones is 1. The van der Waals surface area contributed by atoms with Crippen molar-refractivity contribution < 1.29 is 14.6 Å². The lowest BCUT2D eigenvalue weighted by atomic mass is 9.49. The number of piperidine rings is 1. The molecule has 4 aliphatic rings. The summed E-state index contributed by atoms with van der Waals surface area (Å²) >= 11 is 0. The molecule has 0 unspecified atom stereocenters. The van der Waals surface area contributed by atoms with Gasteiger partial charge in [-0.25, -0.2) is 0 Å². The number of benzene rings is 1. The number of hydrogen-bond donors (Lipinski definition) is 1. The van der Waals surface area contributed by atoms with Crippen LogP contribution in [-0.4, -0.2) is 47.1 Å². The van der Waals surface area contributed by atoms with Gasteiger partial charge >= 0.3 is 0 Å². The number of likely N-dealkylation sites (tertiary alicyclic amines) is 1. The maximum Gasteiger partial charge on any atom is 0.174 e. The number of ether oxygens (including phenoxy) is 1. The van der Waals surface area contributed by atoms with Gasteiger partial charge in [0.25, 0.3) is 0 Å². The Labute approximate surface area is 149 Å². The van der Waals surface area contributed by atoms with E-state index in [1.165, 1.54) is 5.56 Å². The monoisotopic (exact) mass is 351 g/mol. The van der Waals surface area contributed by atoms with Crippen LogP contribution < -0.4 is 4.74 Å². The van der Waals surface area contributed by atoms with Crippen LogP contribution in [0.2, 0.25) is 0 Å². The maximum atomic E-state index is 12.6. The largest absolute Gasteiger partial charge is 0.481 e. The maximum absolute atomic E-state index is 12.6. The molecule has 1 spiro atoms. The number of halogens is 1. The smallest absolute Gasteiger partial charge is 0.174 e. The van der Waals surface area contributed by atoms with Gasteiger partial charge in [-0.3, -0.25) is 4.79 Å². The molecular weight excluding hydrogens is 326 g/mol. The van der Waals surface area contributed by atoms with Gasteiger partial charge < -0.3 is 14.7 Å². The molecule has 4 atom stereocenters. The zero-order valence-corrected chi connectivity index (χ0v) is 14.3. The molecule has 24 heavy (non-hydrogen) atoms. The number of aliphatic hydroxyl groups is 1. The van der Waals surface area contributed by atoms with Crippen LogP contribution in [-0.2, 0) is 16.6 Å². The molecule has 4 nitrogen and oxygen atoms in total.